The first-order valence-electron chi connectivity index (χ1n) is 8.52. The number of halogens is 2. The second kappa shape index (κ2) is 8.76. The smallest absolute Gasteiger partial charge is 0.387 e. The molecular weight excluding hydrogens is 436 g/mol. The molecule has 0 aliphatic heterocycles. The molecule has 1 aromatic heterocycles. The Morgan fingerprint density at radius 1 is 1.17 bits per heavy atom. The van der Waals surface area contributed by atoms with Gasteiger partial charge in [0.25, 0.3) is 5.91 Å². The maximum absolute atomic E-state index is 12.5. The fourth-order valence-electron chi connectivity index (χ4n) is 2.62. The second-order valence-electron chi connectivity index (χ2n) is 6.24. The molecule has 0 saturated carbocycles. The summed E-state index contributed by atoms with van der Waals surface area (Å²) in [5.74, 6) is -0.411. The van der Waals surface area contributed by atoms with E-state index in [1.54, 1.807) is 24.3 Å². The topological polar surface area (TPSA) is 97.4 Å². The average molecular weight is 453 g/mol. The van der Waals surface area contributed by atoms with Crippen LogP contribution >= 0.6 is 11.3 Å². The lowest BCUT2D eigenvalue weighted by Gasteiger charge is -2.06. The number of nitrogens with one attached hydrogen (secondary N) is 2. The van der Waals surface area contributed by atoms with Gasteiger partial charge in [-0.1, -0.05) is 6.07 Å². The molecule has 0 saturated heterocycles. The van der Waals surface area contributed by atoms with Crippen molar-refractivity contribution < 1.29 is 26.7 Å². The van der Waals surface area contributed by atoms with Crippen molar-refractivity contribution in [3.05, 3.63) is 59.0 Å². The Hall–Kier alpha value is -3.05. The van der Waals surface area contributed by atoms with Crippen LogP contribution in [0.25, 0.3) is 11.3 Å². The number of ether oxygens (including phenoxy) is 1. The number of amides is 1. The van der Waals surface area contributed by atoms with Crippen LogP contribution in [0.1, 0.15) is 15.2 Å². The number of hydrogen-bond acceptors (Lipinski definition) is 6. The summed E-state index contributed by atoms with van der Waals surface area (Å²) in [6, 6.07) is 12.1. The van der Waals surface area contributed by atoms with Gasteiger partial charge < -0.3 is 4.74 Å². The summed E-state index contributed by atoms with van der Waals surface area (Å²) in [7, 11) is -3.46. The van der Waals surface area contributed by atoms with Crippen LogP contribution in [-0.2, 0) is 10.0 Å². The number of sulfonamides is 1. The minimum Gasteiger partial charge on any atom is -0.435 e. The molecule has 0 aliphatic carbocycles. The van der Waals surface area contributed by atoms with Gasteiger partial charge in [0.2, 0.25) is 10.0 Å². The first kappa shape index (κ1) is 21.7. The first-order chi connectivity index (χ1) is 14.1. The van der Waals surface area contributed by atoms with Gasteiger partial charge in [0.15, 0.2) is 5.13 Å². The number of benzene rings is 2. The van der Waals surface area contributed by atoms with E-state index >= 15 is 0 Å². The molecule has 2 N–H and O–H groups in total. The molecule has 1 heterocycles. The van der Waals surface area contributed by atoms with E-state index in [9.17, 15) is 22.0 Å². The van der Waals surface area contributed by atoms with E-state index in [1.165, 1.54) is 35.6 Å². The lowest BCUT2D eigenvalue weighted by atomic mass is 10.1. The van der Waals surface area contributed by atoms with Gasteiger partial charge in [-0.3, -0.25) is 14.8 Å². The number of anilines is 2. The number of aryl methyl sites for hydroxylation is 1. The number of thiazole rings is 1. The number of hydrogen-bond donors (Lipinski definition) is 2. The maximum atomic E-state index is 12.5. The van der Waals surface area contributed by atoms with Crippen molar-refractivity contribution in [2.75, 3.05) is 16.3 Å². The van der Waals surface area contributed by atoms with Crippen LogP contribution in [0.5, 0.6) is 5.75 Å². The zero-order valence-corrected chi connectivity index (χ0v) is 17.5. The second-order valence-corrected chi connectivity index (χ2v) is 9.19. The molecule has 11 heteroatoms. The third-order valence-electron chi connectivity index (χ3n) is 3.80. The minimum absolute atomic E-state index is 0.0396. The van der Waals surface area contributed by atoms with E-state index in [-0.39, 0.29) is 17.0 Å². The molecule has 0 fully saturated rings. The standard InChI is InChI=1S/C19H17F2N3O4S2/c1-11-16(12-6-8-15(9-7-12)28-18(20)21)22-19(29-11)23-17(25)13-4-3-5-14(10-13)24-30(2,26)27/h3-10,18,24H,1-2H3,(H,22,23,25). The van der Waals surface area contributed by atoms with Gasteiger partial charge in [0, 0.05) is 21.7 Å². The van der Waals surface area contributed by atoms with Gasteiger partial charge in [-0.2, -0.15) is 8.78 Å². The predicted molar refractivity (Wildman–Crippen MR) is 112 cm³/mol. The summed E-state index contributed by atoms with van der Waals surface area (Å²) in [6.45, 7) is -1.08. The van der Waals surface area contributed by atoms with E-state index in [0.29, 0.717) is 16.4 Å². The van der Waals surface area contributed by atoms with Crippen LogP contribution in [0.3, 0.4) is 0 Å². The molecule has 0 spiro atoms. The monoisotopic (exact) mass is 453 g/mol. The molecular formula is C19H17F2N3O4S2. The fraction of sp³-hybridized carbons (Fsp3) is 0.158. The van der Waals surface area contributed by atoms with E-state index < -0.39 is 22.5 Å². The highest BCUT2D eigenvalue weighted by Gasteiger charge is 2.14. The summed E-state index contributed by atoms with van der Waals surface area (Å²) in [4.78, 5) is 17.8. The summed E-state index contributed by atoms with van der Waals surface area (Å²) >= 11 is 1.26. The third-order valence-corrected chi connectivity index (χ3v) is 5.29. The Bertz CT molecular complexity index is 1160. The van der Waals surface area contributed by atoms with Crippen molar-refractivity contribution in [1.29, 1.82) is 0 Å². The molecule has 0 bridgehead atoms. The van der Waals surface area contributed by atoms with Crippen molar-refractivity contribution in [2.24, 2.45) is 0 Å². The van der Waals surface area contributed by atoms with Crippen molar-refractivity contribution in [1.82, 2.24) is 4.98 Å². The Kier molecular flexibility index (Phi) is 6.32. The predicted octanol–water partition coefficient (Wildman–Crippen LogP) is 4.34. The van der Waals surface area contributed by atoms with Gasteiger partial charge in [0.1, 0.15) is 5.75 Å². The molecule has 0 aliphatic rings. The van der Waals surface area contributed by atoms with Crippen LogP contribution in [-0.4, -0.2) is 32.2 Å². The molecule has 1 amide bonds. The molecule has 0 unspecified atom stereocenters. The first-order valence-corrected chi connectivity index (χ1v) is 11.2. The quantitative estimate of drug-likeness (QED) is 0.555. The fourth-order valence-corrected chi connectivity index (χ4v) is 4.01. The van der Waals surface area contributed by atoms with E-state index in [4.69, 9.17) is 0 Å². The number of alkyl halides is 2. The van der Waals surface area contributed by atoms with E-state index in [1.807, 2.05) is 6.92 Å². The molecule has 0 atom stereocenters. The van der Waals surface area contributed by atoms with Gasteiger partial charge in [-0.25, -0.2) is 13.4 Å². The van der Waals surface area contributed by atoms with Crippen molar-refractivity contribution >= 4 is 38.1 Å². The number of rotatable bonds is 7. The number of carbonyl (C=O) groups is 1. The largest absolute Gasteiger partial charge is 0.435 e. The Morgan fingerprint density at radius 3 is 2.50 bits per heavy atom. The van der Waals surface area contributed by atoms with E-state index in [0.717, 1.165) is 11.1 Å². The van der Waals surface area contributed by atoms with Gasteiger partial charge >= 0.3 is 6.61 Å². The molecule has 3 rings (SSSR count). The van der Waals surface area contributed by atoms with Crippen molar-refractivity contribution in [3.8, 4) is 17.0 Å². The van der Waals surface area contributed by atoms with Gasteiger partial charge in [0.05, 0.1) is 11.9 Å². The normalized spacial score (nSPS) is 11.4. The zero-order valence-electron chi connectivity index (χ0n) is 15.8. The third kappa shape index (κ3) is 5.74. The van der Waals surface area contributed by atoms with Crippen LogP contribution in [0.15, 0.2) is 48.5 Å². The lowest BCUT2D eigenvalue weighted by Crippen LogP contribution is -2.13. The highest BCUT2D eigenvalue weighted by atomic mass is 32.2. The molecule has 3 aromatic rings. The number of carbonyl (C=O) groups excluding carboxylic acids is 1. The Labute approximate surface area is 175 Å². The van der Waals surface area contributed by atoms with Crippen LogP contribution in [0.4, 0.5) is 19.6 Å². The van der Waals surface area contributed by atoms with Crippen molar-refractivity contribution in [3.63, 3.8) is 0 Å². The zero-order chi connectivity index (χ0) is 21.9. The Balaban J connectivity index is 1.76. The van der Waals surface area contributed by atoms with Gasteiger partial charge in [-0.15, -0.1) is 11.3 Å². The number of aromatic nitrogens is 1. The molecule has 0 radical (unpaired) electrons. The average Bonchev–Trinajstić information content (AvgIpc) is 3.01. The maximum Gasteiger partial charge on any atom is 0.387 e. The molecule has 7 nitrogen and oxygen atoms in total. The molecule has 2 aromatic carbocycles. The van der Waals surface area contributed by atoms with Crippen LogP contribution in [0, 0.1) is 6.92 Å². The highest BCUT2D eigenvalue weighted by molar-refractivity contribution is 7.92. The lowest BCUT2D eigenvalue weighted by molar-refractivity contribution is -0.0498. The number of nitrogens with zero attached hydrogens (tertiary/aromatic N) is 1. The van der Waals surface area contributed by atoms with Crippen LogP contribution in [0.2, 0.25) is 0 Å². The summed E-state index contributed by atoms with van der Waals surface area (Å²) in [5, 5.41) is 3.03. The minimum atomic E-state index is -3.46. The summed E-state index contributed by atoms with van der Waals surface area (Å²) in [6.07, 6.45) is 1.02. The van der Waals surface area contributed by atoms with Crippen molar-refractivity contribution in [2.45, 2.75) is 13.5 Å². The van der Waals surface area contributed by atoms with Crippen LogP contribution < -0.4 is 14.8 Å². The molecule has 158 valence electrons. The summed E-state index contributed by atoms with van der Waals surface area (Å²) in [5.41, 5.74) is 1.82. The van der Waals surface area contributed by atoms with E-state index in [2.05, 4.69) is 19.8 Å². The highest BCUT2D eigenvalue weighted by Crippen LogP contribution is 2.31. The summed E-state index contributed by atoms with van der Waals surface area (Å²) < 4.78 is 53.9. The Morgan fingerprint density at radius 2 is 1.87 bits per heavy atom. The van der Waals surface area contributed by atoms with Gasteiger partial charge in [-0.05, 0) is 49.4 Å². The SMILES string of the molecule is Cc1sc(NC(=O)c2cccc(NS(C)(=O)=O)c2)nc1-c1ccc(OC(F)F)cc1. The molecule has 30 heavy (non-hydrogen) atoms.